The molecular formula is C15H19FN2O3. The molecule has 1 aromatic rings. The maximum atomic E-state index is 13.5. The molecule has 1 saturated heterocycles. The van der Waals surface area contributed by atoms with Crippen LogP contribution < -0.4 is 5.32 Å². The maximum Gasteiger partial charge on any atom is 0.225 e. The van der Waals surface area contributed by atoms with Crippen molar-refractivity contribution in [1.29, 1.82) is 0 Å². The number of carbonyl (C=O) groups is 2. The number of nitrogens with zero attached hydrogens (tertiary/aromatic N) is 1. The molecule has 1 N–H and O–H groups in total. The molecule has 1 atom stereocenters. The summed E-state index contributed by atoms with van der Waals surface area (Å²) in [6.45, 7) is 1.47. The van der Waals surface area contributed by atoms with Crippen LogP contribution >= 0.6 is 0 Å². The third-order valence-electron chi connectivity index (χ3n) is 3.56. The van der Waals surface area contributed by atoms with Crippen molar-refractivity contribution in [2.45, 2.75) is 13.0 Å². The minimum atomic E-state index is -0.374. The Bertz CT molecular complexity index is 521. The quantitative estimate of drug-likeness (QED) is 0.849. The van der Waals surface area contributed by atoms with Crippen molar-refractivity contribution in [3.63, 3.8) is 0 Å². The summed E-state index contributed by atoms with van der Waals surface area (Å²) in [5.41, 5.74) is 0.436. The fraction of sp³-hybridized carbons (Fsp3) is 0.467. The van der Waals surface area contributed by atoms with Crippen molar-refractivity contribution < 1.29 is 18.7 Å². The van der Waals surface area contributed by atoms with E-state index in [1.54, 1.807) is 30.2 Å². The molecule has 0 spiro atoms. The van der Waals surface area contributed by atoms with Gasteiger partial charge in [0.05, 0.1) is 12.5 Å². The molecule has 1 heterocycles. The Kier molecular flexibility index (Phi) is 5.27. The summed E-state index contributed by atoms with van der Waals surface area (Å²) < 4.78 is 18.4. The zero-order valence-corrected chi connectivity index (χ0v) is 12.0. The lowest BCUT2D eigenvalue weighted by Gasteiger charge is -2.15. The Morgan fingerprint density at radius 3 is 2.95 bits per heavy atom. The molecule has 1 aliphatic rings. The van der Waals surface area contributed by atoms with Crippen molar-refractivity contribution in [2.75, 3.05) is 26.8 Å². The number of methoxy groups -OCH3 is 1. The summed E-state index contributed by atoms with van der Waals surface area (Å²) in [5, 5.41) is 2.69. The van der Waals surface area contributed by atoms with Crippen molar-refractivity contribution in [3.8, 4) is 0 Å². The van der Waals surface area contributed by atoms with Crippen LogP contribution in [0.1, 0.15) is 12.0 Å². The molecular weight excluding hydrogens is 275 g/mol. The summed E-state index contributed by atoms with van der Waals surface area (Å²) in [6.07, 6.45) is 0.201. The molecule has 114 valence electrons. The summed E-state index contributed by atoms with van der Waals surface area (Å²) in [7, 11) is 1.57. The van der Waals surface area contributed by atoms with E-state index in [-0.39, 0.29) is 36.5 Å². The normalized spacial score (nSPS) is 18.1. The van der Waals surface area contributed by atoms with E-state index >= 15 is 0 Å². The molecule has 1 aliphatic heterocycles. The van der Waals surface area contributed by atoms with Gasteiger partial charge >= 0.3 is 0 Å². The van der Waals surface area contributed by atoms with E-state index in [0.29, 0.717) is 25.3 Å². The second kappa shape index (κ2) is 7.17. The predicted molar refractivity (Wildman–Crippen MR) is 74.8 cm³/mol. The number of carbonyl (C=O) groups excluding carboxylic acids is 2. The molecule has 0 aromatic heterocycles. The molecule has 2 rings (SSSR count). The van der Waals surface area contributed by atoms with Gasteiger partial charge in [0.15, 0.2) is 0 Å². The maximum absolute atomic E-state index is 13.5. The highest BCUT2D eigenvalue weighted by Crippen LogP contribution is 2.18. The lowest BCUT2D eigenvalue weighted by atomic mass is 10.1. The van der Waals surface area contributed by atoms with Crippen LogP contribution in [0.3, 0.4) is 0 Å². The number of halogens is 1. The monoisotopic (exact) mass is 294 g/mol. The Balaban J connectivity index is 1.84. The summed E-state index contributed by atoms with van der Waals surface area (Å²) in [6, 6.07) is 6.30. The molecule has 5 nitrogen and oxygen atoms in total. The van der Waals surface area contributed by atoms with Crippen LogP contribution in [0.5, 0.6) is 0 Å². The largest absolute Gasteiger partial charge is 0.383 e. The lowest BCUT2D eigenvalue weighted by molar-refractivity contribution is -0.129. The van der Waals surface area contributed by atoms with Gasteiger partial charge in [0, 0.05) is 38.7 Å². The van der Waals surface area contributed by atoms with Gasteiger partial charge in [0.25, 0.3) is 0 Å². The van der Waals surface area contributed by atoms with Crippen molar-refractivity contribution in [2.24, 2.45) is 5.92 Å². The van der Waals surface area contributed by atoms with E-state index < -0.39 is 0 Å². The highest BCUT2D eigenvalue weighted by Gasteiger charge is 2.33. The Morgan fingerprint density at radius 2 is 2.24 bits per heavy atom. The number of benzene rings is 1. The summed E-state index contributed by atoms with van der Waals surface area (Å²) in [4.78, 5) is 25.4. The Labute approximate surface area is 123 Å². The van der Waals surface area contributed by atoms with Gasteiger partial charge in [-0.25, -0.2) is 4.39 Å². The smallest absolute Gasteiger partial charge is 0.225 e. The van der Waals surface area contributed by atoms with Gasteiger partial charge in [-0.15, -0.1) is 0 Å². The second-order valence-corrected chi connectivity index (χ2v) is 5.04. The molecule has 0 bridgehead atoms. The van der Waals surface area contributed by atoms with Gasteiger partial charge < -0.3 is 15.0 Å². The second-order valence-electron chi connectivity index (χ2n) is 5.04. The van der Waals surface area contributed by atoms with E-state index in [2.05, 4.69) is 5.32 Å². The van der Waals surface area contributed by atoms with Crippen molar-refractivity contribution in [3.05, 3.63) is 35.6 Å². The third-order valence-corrected chi connectivity index (χ3v) is 3.56. The highest BCUT2D eigenvalue weighted by molar-refractivity contribution is 5.89. The summed E-state index contributed by atoms with van der Waals surface area (Å²) in [5.74, 6) is -0.979. The van der Waals surface area contributed by atoms with Crippen LogP contribution in [0, 0.1) is 11.7 Å². The number of likely N-dealkylation sites (tertiary alicyclic amines) is 1. The van der Waals surface area contributed by atoms with Crippen LogP contribution in [0.25, 0.3) is 0 Å². The van der Waals surface area contributed by atoms with Crippen LogP contribution in [0.4, 0.5) is 4.39 Å². The Morgan fingerprint density at radius 1 is 1.48 bits per heavy atom. The Hall–Kier alpha value is -1.95. The lowest BCUT2D eigenvalue weighted by Crippen LogP contribution is -2.33. The average Bonchev–Trinajstić information content (AvgIpc) is 2.85. The standard InChI is InChI=1S/C15H19FN2O3/c1-21-7-6-18-10-12(8-14(18)19)15(20)17-9-11-4-2-3-5-13(11)16/h2-5,12H,6-10H2,1H3,(H,17,20)/t12-/m0/s1. The number of amides is 2. The average molecular weight is 294 g/mol. The van der Waals surface area contributed by atoms with E-state index in [1.807, 2.05) is 0 Å². The van der Waals surface area contributed by atoms with Crippen LogP contribution in [-0.2, 0) is 20.9 Å². The zero-order valence-electron chi connectivity index (χ0n) is 12.0. The first-order valence-electron chi connectivity index (χ1n) is 6.89. The van der Waals surface area contributed by atoms with Crippen LogP contribution in [-0.4, -0.2) is 43.5 Å². The first-order valence-corrected chi connectivity index (χ1v) is 6.89. The predicted octanol–water partition coefficient (Wildman–Crippen LogP) is 0.937. The third kappa shape index (κ3) is 4.01. The van der Waals surface area contributed by atoms with Crippen LogP contribution in [0.15, 0.2) is 24.3 Å². The van der Waals surface area contributed by atoms with E-state index in [1.165, 1.54) is 6.07 Å². The van der Waals surface area contributed by atoms with Gasteiger partial charge in [0.2, 0.25) is 11.8 Å². The number of hydrogen-bond acceptors (Lipinski definition) is 3. The van der Waals surface area contributed by atoms with Crippen molar-refractivity contribution >= 4 is 11.8 Å². The highest BCUT2D eigenvalue weighted by atomic mass is 19.1. The molecule has 0 unspecified atom stereocenters. The first kappa shape index (κ1) is 15.4. The molecule has 0 aliphatic carbocycles. The zero-order chi connectivity index (χ0) is 15.2. The topological polar surface area (TPSA) is 58.6 Å². The molecule has 6 heteroatoms. The number of nitrogens with one attached hydrogen (secondary N) is 1. The minimum absolute atomic E-state index is 0.0434. The SMILES string of the molecule is COCCN1C[C@@H](C(=O)NCc2ccccc2F)CC1=O. The van der Waals surface area contributed by atoms with Crippen LogP contribution in [0.2, 0.25) is 0 Å². The van der Waals surface area contributed by atoms with E-state index in [9.17, 15) is 14.0 Å². The molecule has 2 amide bonds. The molecule has 1 aromatic carbocycles. The molecule has 21 heavy (non-hydrogen) atoms. The fourth-order valence-corrected chi connectivity index (χ4v) is 2.33. The number of rotatable bonds is 6. The van der Waals surface area contributed by atoms with Gasteiger partial charge in [0.1, 0.15) is 5.82 Å². The van der Waals surface area contributed by atoms with Gasteiger partial charge in [-0.2, -0.15) is 0 Å². The minimum Gasteiger partial charge on any atom is -0.383 e. The molecule has 1 fully saturated rings. The fourth-order valence-electron chi connectivity index (χ4n) is 2.33. The molecule has 0 saturated carbocycles. The van der Waals surface area contributed by atoms with Gasteiger partial charge in [-0.3, -0.25) is 9.59 Å². The summed E-state index contributed by atoms with van der Waals surface area (Å²) >= 11 is 0. The molecule has 0 radical (unpaired) electrons. The number of hydrogen-bond donors (Lipinski definition) is 1. The van der Waals surface area contributed by atoms with Gasteiger partial charge in [-0.05, 0) is 6.07 Å². The van der Waals surface area contributed by atoms with E-state index in [4.69, 9.17) is 4.74 Å². The van der Waals surface area contributed by atoms with Gasteiger partial charge in [-0.1, -0.05) is 18.2 Å². The van der Waals surface area contributed by atoms with E-state index in [0.717, 1.165) is 0 Å². The number of ether oxygens (including phenoxy) is 1. The first-order chi connectivity index (χ1) is 10.1. The van der Waals surface area contributed by atoms with Crippen molar-refractivity contribution in [1.82, 2.24) is 10.2 Å².